The number of halogens is 2. The molecule has 0 aliphatic carbocycles. The van der Waals surface area contributed by atoms with Crippen LogP contribution in [-0.2, 0) is 0 Å². The third-order valence-corrected chi connectivity index (χ3v) is 3.58. The first kappa shape index (κ1) is 14.8. The van der Waals surface area contributed by atoms with Crippen LogP contribution in [-0.4, -0.2) is 22.6 Å². The number of aromatic nitrogens is 1. The van der Waals surface area contributed by atoms with Crippen LogP contribution in [0.3, 0.4) is 0 Å². The lowest BCUT2D eigenvalue weighted by molar-refractivity contribution is 0.102. The molecule has 0 saturated carbocycles. The van der Waals surface area contributed by atoms with E-state index >= 15 is 0 Å². The largest absolute Gasteiger partial charge is 0.384 e. The predicted molar refractivity (Wildman–Crippen MR) is 80.5 cm³/mol. The van der Waals surface area contributed by atoms with Crippen LogP contribution in [0.2, 0.25) is 10.0 Å². The highest BCUT2D eigenvalue weighted by Gasteiger charge is 2.12. The van der Waals surface area contributed by atoms with E-state index in [0.717, 1.165) is 0 Å². The van der Waals surface area contributed by atoms with Gasteiger partial charge in [-0.3, -0.25) is 10.1 Å². The van der Waals surface area contributed by atoms with Crippen LogP contribution >= 0.6 is 34.5 Å². The molecule has 102 valence electrons. The lowest BCUT2D eigenvalue weighted by Crippen LogP contribution is -2.12. The van der Waals surface area contributed by atoms with Gasteiger partial charge in [-0.05, 0) is 18.2 Å². The summed E-state index contributed by atoms with van der Waals surface area (Å²) in [5.41, 5.74) is 0.275. The van der Waals surface area contributed by atoms with Gasteiger partial charge in [-0.2, -0.15) is 0 Å². The Balaban J connectivity index is 2.15. The maximum absolute atomic E-state index is 12.0. The smallest absolute Gasteiger partial charge is 0.259 e. The van der Waals surface area contributed by atoms with Gasteiger partial charge in [0, 0.05) is 5.02 Å². The standard InChI is InChI=1S/C13H8Cl2N2O2S/c14-8-3-4-11(15)10(6-8)12(19)17-13-16-7-9(20-13)2-1-5-18/h3-4,6-7,18H,5H2,(H,16,17,19). The van der Waals surface area contributed by atoms with Crippen LogP contribution in [0.15, 0.2) is 24.4 Å². The first-order valence-corrected chi connectivity index (χ1v) is 6.99. The van der Waals surface area contributed by atoms with Crippen LogP contribution in [0.1, 0.15) is 15.2 Å². The highest BCUT2D eigenvalue weighted by molar-refractivity contribution is 7.16. The normalized spacial score (nSPS) is 9.75. The number of thiazole rings is 1. The molecule has 1 aromatic heterocycles. The van der Waals surface area contributed by atoms with Crippen molar-refractivity contribution < 1.29 is 9.90 Å². The molecule has 1 heterocycles. The van der Waals surface area contributed by atoms with Crippen molar-refractivity contribution in [1.29, 1.82) is 0 Å². The number of carbonyl (C=O) groups excluding carboxylic acids is 1. The van der Waals surface area contributed by atoms with E-state index in [1.165, 1.54) is 23.6 Å². The number of hydrogen-bond acceptors (Lipinski definition) is 4. The first-order chi connectivity index (χ1) is 9.60. The maximum Gasteiger partial charge on any atom is 0.259 e. The topological polar surface area (TPSA) is 62.2 Å². The summed E-state index contributed by atoms with van der Waals surface area (Å²) in [6, 6.07) is 4.64. The van der Waals surface area contributed by atoms with Crippen molar-refractivity contribution in [2.45, 2.75) is 0 Å². The molecule has 0 aliphatic rings. The van der Waals surface area contributed by atoms with Crippen molar-refractivity contribution in [2.75, 3.05) is 11.9 Å². The third kappa shape index (κ3) is 3.71. The lowest BCUT2D eigenvalue weighted by atomic mass is 10.2. The highest BCUT2D eigenvalue weighted by atomic mass is 35.5. The summed E-state index contributed by atoms with van der Waals surface area (Å²) in [7, 11) is 0. The SMILES string of the molecule is O=C(Nc1ncc(C#CCO)s1)c1cc(Cl)ccc1Cl. The summed E-state index contributed by atoms with van der Waals surface area (Å²) >= 11 is 13.0. The molecule has 4 nitrogen and oxygen atoms in total. The number of nitrogens with zero attached hydrogens (tertiary/aromatic N) is 1. The molecule has 1 amide bonds. The fraction of sp³-hybridized carbons (Fsp3) is 0.0769. The number of hydrogen-bond donors (Lipinski definition) is 2. The average Bonchev–Trinajstić information content (AvgIpc) is 2.86. The number of amides is 1. The van der Waals surface area contributed by atoms with Crippen molar-refractivity contribution in [2.24, 2.45) is 0 Å². The van der Waals surface area contributed by atoms with Crippen molar-refractivity contribution in [3.05, 3.63) is 44.9 Å². The predicted octanol–water partition coefficient (Wildman–Crippen LogP) is 3.05. The van der Waals surface area contributed by atoms with E-state index in [4.69, 9.17) is 28.3 Å². The molecule has 0 atom stereocenters. The number of aliphatic hydroxyl groups is 1. The Morgan fingerprint density at radius 3 is 3.00 bits per heavy atom. The molecular formula is C13H8Cl2N2O2S. The summed E-state index contributed by atoms with van der Waals surface area (Å²) in [6.45, 7) is -0.224. The molecule has 2 aromatic rings. The van der Waals surface area contributed by atoms with Gasteiger partial charge in [-0.1, -0.05) is 46.4 Å². The van der Waals surface area contributed by atoms with E-state index in [1.54, 1.807) is 12.1 Å². The minimum Gasteiger partial charge on any atom is -0.384 e. The number of anilines is 1. The Kier molecular flexibility index (Phi) is 4.99. The zero-order valence-corrected chi connectivity index (χ0v) is 12.3. The fourth-order valence-electron chi connectivity index (χ4n) is 1.35. The van der Waals surface area contributed by atoms with Gasteiger partial charge in [0.25, 0.3) is 5.91 Å². The summed E-state index contributed by atoms with van der Waals surface area (Å²) in [5, 5.41) is 12.3. The van der Waals surface area contributed by atoms with E-state index in [9.17, 15) is 4.79 Å². The Morgan fingerprint density at radius 2 is 2.25 bits per heavy atom. The van der Waals surface area contributed by atoms with Crippen LogP contribution in [0.25, 0.3) is 0 Å². The van der Waals surface area contributed by atoms with Gasteiger partial charge in [-0.25, -0.2) is 4.98 Å². The van der Waals surface area contributed by atoms with Crippen molar-refractivity contribution in [1.82, 2.24) is 4.98 Å². The van der Waals surface area contributed by atoms with Crippen LogP contribution in [0.5, 0.6) is 0 Å². The van der Waals surface area contributed by atoms with E-state index in [-0.39, 0.29) is 12.2 Å². The first-order valence-electron chi connectivity index (χ1n) is 5.42. The molecule has 0 radical (unpaired) electrons. The second-order valence-corrected chi connectivity index (χ2v) is 5.44. The summed E-state index contributed by atoms with van der Waals surface area (Å²) in [6.07, 6.45) is 1.52. The Bertz CT molecular complexity index is 704. The minimum absolute atomic E-state index is 0.224. The molecule has 0 saturated heterocycles. The van der Waals surface area contributed by atoms with Gasteiger partial charge in [0.05, 0.1) is 21.7 Å². The molecule has 1 aromatic carbocycles. The van der Waals surface area contributed by atoms with Gasteiger partial charge in [0.15, 0.2) is 5.13 Å². The Morgan fingerprint density at radius 1 is 1.45 bits per heavy atom. The molecule has 2 N–H and O–H groups in total. The number of benzene rings is 1. The maximum atomic E-state index is 12.0. The molecule has 0 aliphatic heterocycles. The molecule has 7 heteroatoms. The van der Waals surface area contributed by atoms with Crippen LogP contribution < -0.4 is 5.32 Å². The van der Waals surface area contributed by atoms with E-state index in [1.807, 2.05) is 0 Å². The molecule has 2 rings (SSSR count). The van der Waals surface area contributed by atoms with E-state index in [0.29, 0.717) is 20.1 Å². The van der Waals surface area contributed by atoms with Gasteiger partial charge >= 0.3 is 0 Å². The van der Waals surface area contributed by atoms with Crippen molar-refractivity contribution >= 4 is 45.6 Å². The Hall–Kier alpha value is -1.58. The quantitative estimate of drug-likeness (QED) is 0.834. The van der Waals surface area contributed by atoms with Gasteiger partial charge in [-0.15, -0.1) is 0 Å². The molecular weight excluding hydrogens is 319 g/mol. The molecule has 0 bridgehead atoms. The number of aliphatic hydroxyl groups excluding tert-OH is 1. The summed E-state index contributed by atoms with van der Waals surface area (Å²) in [5.74, 6) is 4.82. The lowest BCUT2D eigenvalue weighted by Gasteiger charge is -2.04. The molecule has 0 fully saturated rings. The molecule has 0 spiro atoms. The van der Waals surface area contributed by atoms with E-state index < -0.39 is 5.91 Å². The second-order valence-electron chi connectivity index (χ2n) is 3.57. The minimum atomic E-state index is -0.395. The molecule has 20 heavy (non-hydrogen) atoms. The highest BCUT2D eigenvalue weighted by Crippen LogP contribution is 2.23. The van der Waals surface area contributed by atoms with Gasteiger partial charge in [0.2, 0.25) is 0 Å². The van der Waals surface area contributed by atoms with Gasteiger partial charge < -0.3 is 5.11 Å². The average molecular weight is 327 g/mol. The number of carbonyl (C=O) groups is 1. The zero-order chi connectivity index (χ0) is 14.5. The summed E-state index contributed by atoms with van der Waals surface area (Å²) < 4.78 is 0. The molecule has 0 unspecified atom stereocenters. The van der Waals surface area contributed by atoms with Crippen molar-refractivity contribution in [3.8, 4) is 11.8 Å². The van der Waals surface area contributed by atoms with Crippen LogP contribution in [0.4, 0.5) is 5.13 Å². The van der Waals surface area contributed by atoms with Crippen LogP contribution in [0, 0.1) is 11.8 Å². The zero-order valence-electron chi connectivity index (χ0n) is 9.98. The fourth-order valence-corrected chi connectivity index (χ4v) is 2.41. The number of rotatable bonds is 2. The summed E-state index contributed by atoms with van der Waals surface area (Å²) in [4.78, 5) is 16.7. The monoisotopic (exact) mass is 326 g/mol. The van der Waals surface area contributed by atoms with Gasteiger partial charge in [0.1, 0.15) is 6.61 Å². The Labute approximate surface area is 129 Å². The number of nitrogens with one attached hydrogen (secondary N) is 1. The van der Waals surface area contributed by atoms with Crippen molar-refractivity contribution in [3.63, 3.8) is 0 Å². The third-order valence-electron chi connectivity index (χ3n) is 2.19. The van der Waals surface area contributed by atoms with E-state index in [2.05, 4.69) is 22.1 Å². The second kappa shape index (κ2) is 6.73.